The number of hydrogen-bond acceptors (Lipinski definition) is 9. The van der Waals surface area contributed by atoms with Gasteiger partial charge >= 0.3 is 5.97 Å². The highest BCUT2D eigenvalue weighted by Gasteiger charge is 2.51. The molecule has 12 atom stereocenters. The Morgan fingerprint density at radius 1 is 1.05 bits per heavy atom. The zero-order chi connectivity index (χ0) is 33.5. The fourth-order valence-corrected chi connectivity index (χ4v) is 6.54. The highest BCUT2D eigenvalue weighted by molar-refractivity contribution is 5.87. The van der Waals surface area contributed by atoms with Crippen molar-refractivity contribution in [2.45, 2.75) is 118 Å². The second-order valence-corrected chi connectivity index (χ2v) is 13.6. The van der Waals surface area contributed by atoms with E-state index < -0.39 is 60.2 Å². The van der Waals surface area contributed by atoms with Crippen LogP contribution in [-0.4, -0.2) is 83.0 Å². The minimum atomic E-state index is -1.80. The van der Waals surface area contributed by atoms with E-state index in [4.69, 9.17) is 18.9 Å². The van der Waals surface area contributed by atoms with Crippen LogP contribution in [0.25, 0.3) is 0 Å². The summed E-state index contributed by atoms with van der Waals surface area (Å²) >= 11 is 0. The molecule has 1 saturated heterocycles. The molecule has 0 aliphatic carbocycles. The number of aliphatic hydroxyl groups excluding tert-OH is 3. The van der Waals surface area contributed by atoms with Crippen molar-refractivity contribution in [3.8, 4) is 0 Å². The standard InChI is InChI=1S/C35H58O9/c1-19(2)32-24(7)27(36)18-35(40,44-32)26(9)31(38)25(8)33-28(41-10)14-12-13-20(3)15-22(5)30(37)23(6)16-21(4)17-29(42-11)34(39)43-33/h12-14,16-17,19,22-28,30-33,36-38,40H,15,18H2,1-11H3/t22-,23+,24-,25-,26-,27+,28-,30-,31+,32+,33-,35+/m0/s1. The molecule has 0 aromatic heterocycles. The first-order valence-corrected chi connectivity index (χ1v) is 15.9. The Kier molecular flexibility index (Phi) is 14.3. The average molecular weight is 623 g/mol. The van der Waals surface area contributed by atoms with E-state index in [1.807, 2.05) is 66.7 Å². The summed E-state index contributed by atoms with van der Waals surface area (Å²) in [5.74, 6) is -4.49. The largest absolute Gasteiger partial charge is 0.490 e. The Morgan fingerprint density at radius 2 is 1.68 bits per heavy atom. The number of ether oxygens (including phenoxy) is 4. The topological polar surface area (TPSA) is 135 Å². The van der Waals surface area contributed by atoms with Gasteiger partial charge in [0.2, 0.25) is 5.76 Å². The van der Waals surface area contributed by atoms with Gasteiger partial charge in [0.1, 0.15) is 12.2 Å². The van der Waals surface area contributed by atoms with E-state index in [9.17, 15) is 25.2 Å². The molecule has 0 aromatic carbocycles. The molecule has 2 heterocycles. The van der Waals surface area contributed by atoms with Crippen molar-refractivity contribution < 1.29 is 44.2 Å². The third kappa shape index (κ3) is 9.50. The zero-order valence-corrected chi connectivity index (χ0v) is 28.6. The lowest BCUT2D eigenvalue weighted by atomic mass is 9.76. The molecule has 2 aliphatic rings. The summed E-state index contributed by atoms with van der Waals surface area (Å²) in [7, 11) is 2.87. The Labute approximate surface area is 264 Å². The molecule has 0 unspecified atom stereocenters. The summed E-state index contributed by atoms with van der Waals surface area (Å²) in [6, 6.07) is 0. The van der Waals surface area contributed by atoms with E-state index in [0.29, 0.717) is 6.42 Å². The van der Waals surface area contributed by atoms with Gasteiger partial charge in [0, 0.05) is 37.2 Å². The van der Waals surface area contributed by atoms with Gasteiger partial charge in [-0.3, -0.25) is 0 Å². The van der Waals surface area contributed by atoms with Crippen LogP contribution in [-0.2, 0) is 23.7 Å². The predicted molar refractivity (Wildman–Crippen MR) is 170 cm³/mol. The van der Waals surface area contributed by atoms with Gasteiger partial charge in [-0.25, -0.2) is 4.79 Å². The number of carbonyl (C=O) groups is 1. The normalized spacial score (nSPS) is 36.9. The third-order valence-corrected chi connectivity index (χ3v) is 9.50. The van der Waals surface area contributed by atoms with Crippen LogP contribution in [0.1, 0.15) is 75.2 Å². The van der Waals surface area contributed by atoms with Crippen LogP contribution in [0.3, 0.4) is 0 Å². The molecule has 0 spiro atoms. The predicted octanol–water partition coefficient (Wildman–Crippen LogP) is 4.69. The highest BCUT2D eigenvalue weighted by atomic mass is 16.6. The zero-order valence-electron chi connectivity index (χ0n) is 28.6. The fraction of sp³-hybridized carbons (Fsp3) is 0.743. The Balaban J connectivity index is 2.52. The number of cyclic esters (lactones) is 1. The lowest BCUT2D eigenvalue weighted by molar-refractivity contribution is -0.328. The van der Waals surface area contributed by atoms with Gasteiger partial charge in [-0.1, -0.05) is 83.9 Å². The monoisotopic (exact) mass is 622 g/mol. The number of methoxy groups -OCH3 is 2. The van der Waals surface area contributed by atoms with Crippen molar-refractivity contribution >= 4 is 5.97 Å². The Bertz CT molecular complexity index is 1060. The van der Waals surface area contributed by atoms with Crippen molar-refractivity contribution in [3.63, 3.8) is 0 Å². The van der Waals surface area contributed by atoms with E-state index in [1.54, 1.807) is 26.0 Å². The number of carbonyl (C=O) groups excluding carboxylic acids is 1. The molecule has 2 rings (SSSR count). The summed E-state index contributed by atoms with van der Waals surface area (Å²) < 4.78 is 23.4. The summed E-state index contributed by atoms with van der Waals surface area (Å²) in [4.78, 5) is 13.5. The van der Waals surface area contributed by atoms with Crippen molar-refractivity contribution in [1.82, 2.24) is 0 Å². The quantitative estimate of drug-likeness (QED) is 0.298. The minimum Gasteiger partial charge on any atom is -0.490 e. The first-order valence-electron chi connectivity index (χ1n) is 15.9. The highest BCUT2D eigenvalue weighted by Crippen LogP contribution is 2.41. The van der Waals surface area contributed by atoms with Gasteiger partial charge in [-0.15, -0.1) is 0 Å². The average Bonchev–Trinajstić information content (AvgIpc) is 2.96. The molecule has 0 bridgehead atoms. The number of aliphatic hydroxyl groups is 4. The van der Waals surface area contributed by atoms with Crippen molar-refractivity contribution in [2.75, 3.05) is 14.2 Å². The van der Waals surface area contributed by atoms with Gasteiger partial charge < -0.3 is 39.4 Å². The van der Waals surface area contributed by atoms with Crippen LogP contribution in [0.2, 0.25) is 0 Å². The number of allylic oxidation sites excluding steroid dienone is 5. The SMILES string of the molecule is COC1=CC(C)=C[C@@H](C)[C@@H](O)[C@@H](C)CC(C)=CC=C[C@H](OC)[C@H]([C@@H](C)[C@@H](O)[C@H](C)[C@@]2(O)C[C@@H](O)[C@H](C)[C@@H](C(C)C)O2)OC1=O. The molecule has 0 aromatic rings. The lowest BCUT2D eigenvalue weighted by Gasteiger charge is -2.49. The lowest BCUT2D eigenvalue weighted by Crippen LogP contribution is -2.59. The van der Waals surface area contributed by atoms with Crippen molar-refractivity contribution in [1.29, 1.82) is 0 Å². The minimum absolute atomic E-state index is 0.00492. The molecular formula is C35H58O9. The second kappa shape index (κ2) is 16.5. The van der Waals surface area contributed by atoms with Gasteiger partial charge in [0.25, 0.3) is 0 Å². The van der Waals surface area contributed by atoms with Crippen LogP contribution in [0.5, 0.6) is 0 Å². The molecule has 0 radical (unpaired) electrons. The van der Waals surface area contributed by atoms with Crippen LogP contribution >= 0.6 is 0 Å². The van der Waals surface area contributed by atoms with Crippen molar-refractivity contribution in [2.24, 2.45) is 35.5 Å². The first-order chi connectivity index (χ1) is 20.5. The molecule has 0 amide bonds. The van der Waals surface area contributed by atoms with E-state index in [1.165, 1.54) is 14.2 Å². The number of esters is 1. The van der Waals surface area contributed by atoms with Gasteiger partial charge in [0.05, 0.1) is 31.5 Å². The maximum absolute atomic E-state index is 13.5. The molecule has 9 heteroatoms. The number of rotatable bonds is 7. The Morgan fingerprint density at radius 3 is 2.25 bits per heavy atom. The smallest absolute Gasteiger partial charge is 0.373 e. The first kappa shape index (κ1) is 38.2. The Hall–Kier alpha value is -2.01. The van der Waals surface area contributed by atoms with Crippen LogP contribution in [0, 0.1) is 35.5 Å². The summed E-state index contributed by atoms with van der Waals surface area (Å²) in [5, 5.41) is 45.0. The van der Waals surface area contributed by atoms with Crippen LogP contribution in [0.15, 0.2) is 47.3 Å². The maximum atomic E-state index is 13.5. The molecule has 1 fully saturated rings. The van der Waals surface area contributed by atoms with E-state index in [2.05, 4.69) is 0 Å². The van der Waals surface area contributed by atoms with Crippen LogP contribution < -0.4 is 0 Å². The number of hydrogen-bond donors (Lipinski definition) is 4. The van der Waals surface area contributed by atoms with E-state index in [0.717, 1.165) is 11.1 Å². The molecule has 252 valence electrons. The van der Waals surface area contributed by atoms with Gasteiger partial charge in [-0.05, 0) is 38.2 Å². The molecule has 44 heavy (non-hydrogen) atoms. The molecular weight excluding hydrogens is 564 g/mol. The van der Waals surface area contributed by atoms with E-state index in [-0.39, 0.29) is 35.9 Å². The van der Waals surface area contributed by atoms with Crippen molar-refractivity contribution in [3.05, 3.63) is 47.3 Å². The fourth-order valence-electron chi connectivity index (χ4n) is 6.54. The van der Waals surface area contributed by atoms with Crippen LogP contribution in [0.4, 0.5) is 0 Å². The van der Waals surface area contributed by atoms with Gasteiger partial charge in [-0.2, -0.15) is 0 Å². The molecule has 0 saturated carbocycles. The third-order valence-electron chi connectivity index (χ3n) is 9.50. The van der Waals surface area contributed by atoms with Gasteiger partial charge in [0.15, 0.2) is 5.79 Å². The molecule has 2 aliphatic heterocycles. The second-order valence-electron chi connectivity index (χ2n) is 13.6. The molecule has 4 N–H and O–H groups in total. The maximum Gasteiger partial charge on any atom is 0.373 e. The van der Waals surface area contributed by atoms with E-state index >= 15 is 0 Å². The summed E-state index contributed by atoms with van der Waals surface area (Å²) in [5.41, 5.74) is 1.78. The molecule has 9 nitrogen and oxygen atoms in total. The summed E-state index contributed by atoms with van der Waals surface area (Å²) in [6.07, 6.45) is 4.85. The summed E-state index contributed by atoms with van der Waals surface area (Å²) in [6.45, 7) is 17.0.